The molecule has 0 fully saturated rings. The van der Waals surface area contributed by atoms with Gasteiger partial charge in [0.15, 0.2) is 0 Å². The third kappa shape index (κ3) is 6.76. The minimum absolute atomic E-state index is 0.232. The van der Waals surface area contributed by atoms with E-state index in [4.69, 9.17) is 14.2 Å². The van der Waals surface area contributed by atoms with Gasteiger partial charge in [-0.3, -0.25) is 14.4 Å². The first kappa shape index (κ1) is 19.2. The molecule has 0 aliphatic carbocycles. The smallest absolute Gasteiger partial charge is 0.311 e. The van der Waals surface area contributed by atoms with Gasteiger partial charge in [0.2, 0.25) is 0 Å². The maximum Gasteiger partial charge on any atom is 0.311 e. The fourth-order valence-electron chi connectivity index (χ4n) is 2.33. The van der Waals surface area contributed by atoms with E-state index in [-0.39, 0.29) is 23.9 Å². The molecular weight excluding hydrogens is 336 g/mol. The molecule has 0 aliphatic heterocycles. The van der Waals surface area contributed by atoms with E-state index in [0.29, 0.717) is 18.6 Å². The van der Waals surface area contributed by atoms with Gasteiger partial charge in [0, 0.05) is 26.3 Å². The van der Waals surface area contributed by atoms with E-state index in [0.717, 1.165) is 5.56 Å². The standard InChI is InChI=1S/C20H20O6/c1-14(21)24-18-11-16(12-19(13-18)25-15(2)22)7-6-10-20(23)26-17-8-4-3-5-9-17/h3-5,8-9,11-13H,6-7,10H2,1-2H3. The Hall–Kier alpha value is -3.15. The second-order valence-electron chi connectivity index (χ2n) is 5.64. The van der Waals surface area contributed by atoms with Crippen molar-refractivity contribution in [3.8, 4) is 17.2 Å². The highest BCUT2D eigenvalue weighted by molar-refractivity contribution is 5.72. The normalized spacial score (nSPS) is 10.1. The lowest BCUT2D eigenvalue weighted by Crippen LogP contribution is -2.08. The molecule has 6 heteroatoms. The summed E-state index contributed by atoms with van der Waals surface area (Å²) in [6.07, 6.45) is 1.30. The van der Waals surface area contributed by atoms with E-state index in [1.807, 2.05) is 6.07 Å². The molecule has 2 rings (SSSR count). The molecule has 6 nitrogen and oxygen atoms in total. The summed E-state index contributed by atoms with van der Waals surface area (Å²) in [5.41, 5.74) is 0.785. The van der Waals surface area contributed by atoms with E-state index in [1.165, 1.54) is 19.9 Å². The van der Waals surface area contributed by atoms with Gasteiger partial charge < -0.3 is 14.2 Å². The van der Waals surface area contributed by atoms with Crippen LogP contribution in [0.4, 0.5) is 0 Å². The lowest BCUT2D eigenvalue weighted by atomic mass is 10.1. The Morgan fingerprint density at radius 3 is 1.88 bits per heavy atom. The number of esters is 3. The van der Waals surface area contributed by atoms with E-state index < -0.39 is 11.9 Å². The molecule has 0 saturated carbocycles. The van der Waals surface area contributed by atoms with Gasteiger partial charge in [-0.25, -0.2) is 0 Å². The molecule has 0 spiro atoms. The van der Waals surface area contributed by atoms with Crippen LogP contribution in [0, 0.1) is 0 Å². The number of carbonyl (C=O) groups is 3. The van der Waals surface area contributed by atoms with Crippen molar-refractivity contribution >= 4 is 17.9 Å². The topological polar surface area (TPSA) is 78.9 Å². The number of ether oxygens (including phenoxy) is 3. The second-order valence-corrected chi connectivity index (χ2v) is 5.64. The SMILES string of the molecule is CC(=O)Oc1cc(CCCC(=O)Oc2ccccc2)cc(OC(C)=O)c1. The quantitative estimate of drug-likeness (QED) is 0.558. The van der Waals surface area contributed by atoms with Gasteiger partial charge >= 0.3 is 17.9 Å². The first-order chi connectivity index (χ1) is 12.4. The second kappa shape index (κ2) is 9.36. The maximum absolute atomic E-state index is 11.9. The fraction of sp³-hybridized carbons (Fsp3) is 0.250. The number of benzene rings is 2. The molecule has 0 radical (unpaired) electrons. The predicted octanol–water partition coefficient (Wildman–Crippen LogP) is 3.47. The summed E-state index contributed by atoms with van der Waals surface area (Å²) in [4.78, 5) is 34.2. The van der Waals surface area contributed by atoms with Crippen molar-refractivity contribution in [2.75, 3.05) is 0 Å². The zero-order chi connectivity index (χ0) is 18.9. The van der Waals surface area contributed by atoms with Gasteiger partial charge in [0.25, 0.3) is 0 Å². The Morgan fingerprint density at radius 1 is 0.769 bits per heavy atom. The molecule has 0 saturated heterocycles. The summed E-state index contributed by atoms with van der Waals surface area (Å²) >= 11 is 0. The maximum atomic E-state index is 11.9. The van der Waals surface area contributed by atoms with Crippen LogP contribution in [0.2, 0.25) is 0 Å². The van der Waals surface area contributed by atoms with Crippen LogP contribution in [0.5, 0.6) is 17.2 Å². The van der Waals surface area contributed by atoms with Crippen LogP contribution in [0.3, 0.4) is 0 Å². The minimum atomic E-state index is -0.470. The van der Waals surface area contributed by atoms with Crippen molar-refractivity contribution in [2.45, 2.75) is 33.1 Å². The van der Waals surface area contributed by atoms with E-state index in [9.17, 15) is 14.4 Å². The fourth-order valence-corrected chi connectivity index (χ4v) is 2.33. The molecular formula is C20H20O6. The molecule has 0 N–H and O–H groups in total. The van der Waals surface area contributed by atoms with E-state index >= 15 is 0 Å². The summed E-state index contributed by atoms with van der Waals surface area (Å²) in [5, 5.41) is 0. The summed E-state index contributed by atoms with van der Waals surface area (Å²) in [5.74, 6) is -0.181. The Balaban J connectivity index is 1.95. The molecule has 0 amide bonds. The van der Waals surface area contributed by atoms with Gasteiger partial charge in [-0.1, -0.05) is 18.2 Å². The highest BCUT2D eigenvalue weighted by atomic mass is 16.5. The van der Waals surface area contributed by atoms with Gasteiger partial charge in [0.1, 0.15) is 17.2 Å². The van der Waals surface area contributed by atoms with Crippen LogP contribution in [0.25, 0.3) is 0 Å². The van der Waals surface area contributed by atoms with Gasteiger partial charge in [-0.15, -0.1) is 0 Å². The Bertz CT molecular complexity index is 748. The van der Waals surface area contributed by atoms with Crippen LogP contribution < -0.4 is 14.2 Å². The number of aryl methyl sites for hydroxylation is 1. The highest BCUT2D eigenvalue weighted by Gasteiger charge is 2.09. The third-order valence-electron chi connectivity index (χ3n) is 3.28. The Kier molecular flexibility index (Phi) is 6.91. The highest BCUT2D eigenvalue weighted by Crippen LogP contribution is 2.24. The summed E-state index contributed by atoms with van der Waals surface area (Å²) < 4.78 is 15.4. The number of carbonyl (C=O) groups excluding carboxylic acids is 3. The van der Waals surface area contributed by atoms with Crippen LogP contribution in [-0.4, -0.2) is 17.9 Å². The molecule has 0 unspecified atom stereocenters. The Morgan fingerprint density at radius 2 is 1.35 bits per heavy atom. The Labute approximate surface area is 151 Å². The molecule has 26 heavy (non-hydrogen) atoms. The van der Waals surface area contributed by atoms with Crippen molar-refractivity contribution in [1.29, 1.82) is 0 Å². The number of para-hydroxylation sites is 1. The molecule has 0 aliphatic rings. The van der Waals surface area contributed by atoms with Crippen molar-refractivity contribution in [3.63, 3.8) is 0 Å². The summed E-state index contributed by atoms with van der Waals surface area (Å²) in [6, 6.07) is 13.7. The molecule has 0 aromatic heterocycles. The van der Waals surface area contributed by atoms with E-state index in [2.05, 4.69) is 0 Å². The van der Waals surface area contributed by atoms with Crippen molar-refractivity contribution in [3.05, 3.63) is 54.1 Å². The van der Waals surface area contributed by atoms with Crippen LogP contribution in [-0.2, 0) is 20.8 Å². The largest absolute Gasteiger partial charge is 0.427 e. The first-order valence-corrected chi connectivity index (χ1v) is 8.19. The third-order valence-corrected chi connectivity index (χ3v) is 3.28. The van der Waals surface area contributed by atoms with Crippen molar-refractivity contribution in [1.82, 2.24) is 0 Å². The minimum Gasteiger partial charge on any atom is -0.427 e. The average molecular weight is 356 g/mol. The monoisotopic (exact) mass is 356 g/mol. The van der Waals surface area contributed by atoms with Crippen LogP contribution in [0.1, 0.15) is 32.3 Å². The predicted molar refractivity (Wildman–Crippen MR) is 94.1 cm³/mol. The first-order valence-electron chi connectivity index (χ1n) is 8.19. The van der Waals surface area contributed by atoms with Crippen LogP contribution >= 0.6 is 0 Å². The van der Waals surface area contributed by atoms with Crippen molar-refractivity contribution in [2.24, 2.45) is 0 Å². The van der Waals surface area contributed by atoms with Gasteiger partial charge in [-0.2, -0.15) is 0 Å². The number of hydrogen-bond donors (Lipinski definition) is 0. The van der Waals surface area contributed by atoms with Gasteiger partial charge in [-0.05, 0) is 42.7 Å². The van der Waals surface area contributed by atoms with Crippen molar-refractivity contribution < 1.29 is 28.6 Å². The molecule has 0 atom stereocenters. The van der Waals surface area contributed by atoms with Gasteiger partial charge in [0.05, 0.1) is 0 Å². The summed E-state index contributed by atoms with van der Waals surface area (Å²) in [6.45, 7) is 2.58. The summed E-state index contributed by atoms with van der Waals surface area (Å²) in [7, 11) is 0. The average Bonchev–Trinajstić information content (AvgIpc) is 2.54. The molecule has 2 aromatic carbocycles. The zero-order valence-electron chi connectivity index (χ0n) is 14.7. The molecule has 2 aromatic rings. The van der Waals surface area contributed by atoms with Crippen LogP contribution in [0.15, 0.2) is 48.5 Å². The molecule has 0 heterocycles. The molecule has 0 bridgehead atoms. The number of rotatable bonds is 7. The lowest BCUT2D eigenvalue weighted by Gasteiger charge is -2.09. The molecule has 136 valence electrons. The van der Waals surface area contributed by atoms with E-state index in [1.54, 1.807) is 36.4 Å². The lowest BCUT2D eigenvalue weighted by molar-refractivity contribution is -0.134. The zero-order valence-corrected chi connectivity index (χ0v) is 14.7. The number of hydrogen-bond acceptors (Lipinski definition) is 6.